The topological polar surface area (TPSA) is 125 Å². The fourth-order valence-corrected chi connectivity index (χ4v) is 3.00. The maximum absolute atomic E-state index is 12.4. The number of aromatic amines is 1. The summed E-state index contributed by atoms with van der Waals surface area (Å²) < 4.78 is 0. The Morgan fingerprint density at radius 1 is 1.21 bits per heavy atom. The van der Waals surface area contributed by atoms with Gasteiger partial charge in [-0.25, -0.2) is 4.79 Å². The van der Waals surface area contributed by atoms with Crippen LogP contribution in [-0.4, -0.2) is 28.1 Å². The van der Waals surface area contributed by atoms with E-state index >= 15 is 0 Å². The fourth-order valence-electron chi connectivity index (χ4n) is 3.00. The number of nitrogens with one attached hydrogen (secondary N) is 3. The molecule has 144 valence electrons. The predicted octanol–water partition coefficient (Wildman–Crippen LogP) is 3.09. The highest BCUT2D eigenvalue weighted by Crippen LogP contribution is 2.34. The molecule has 0 unspecified atom stereocenters. The summed E-state index contributed by atoms with van der Waals surface area (Å²) in [5.41, 5.74) is 10.5. The first kappa shape index (κ1) is 18.2. The van der Waals surface area contributed by atoms with Crippen molar-refractivity contribution < 1.29 is 9.59 Å². The lowest BCUT2D eigenvalue weighted by molar-refractivity contribution is 0.0951. The lowest BCUT2D eigenvalue weighted by Gasteiger charge is -2.05. The van der Waals surface area contributed by atoms with Crippen molar-refractivity contribution in [2.24, 2.45) is 10.7 Å². The molecule has 3 amide bonds. The van der Waals surface area contributed by atoms with Crippen molar-refractivity contribution in [1.82, 2.24) is 15.3 Å². The van der Waals surface area contributed by atoms with E-state index in [0.29, 0.717) is 17.8 Å². The Labute approximate surface area is 166 Å². The van der Waals surface area contributed by atoms with Gasteiger partial charge in [0.1, 0.15) is 0 Å². The number of anilines is 1. The van der Waals surface area contributed by atoms with E-state index in [1.807, 2.05) is 30.3 Å². The molecule has 1 aliphatic rings. The quantitative estimate of drug-likeness (QED) is 0.538. The molecule has 0 spiro atoms. The summed E-state index contributed by atoms with van der Waals surface area (Å²) in [5, 5.41) is 5.42. The zero-order valence-electron chi connectivity index (χ0n) is 15.3. The number of aliphatic imine (C=N–C) groups is 1. The van der Waals surface area contributed by atoms with Gasteiger partial charge in [-0.1, -0.05) is 6.07 Å². The lowest BCUT2D eigenvalue weighted by Crippen LogP contribution is -2.22. The number of benzene rings is 1. The lowest BCUT2D eigenvalue weighted by atomic mass is 10.1. The molecular weight excluding hydrogens is 368 g/mol. The Morgan fingerprint density at radius 3 is 2.90 bits per heavy atom. The first-order valence-electron chi connectivity index (χ1n) is 8.91. The van der Waals surface area contributed by atoms with Gasteiger partial charge in [0.05, 0.1) is 11.3 Å². The molecule has 2 aromatic heterocycles. The molecular formula is C21H18N6O2. The van der Waals surface area contributed by atoms with Gasteiger partial charge in [0.25, 0.3) is 5.91 Å². The van der Waals surface area contributed by atoms with Crippen molar-refractivity contribution in [2.75, 3.05) is 5.32 Å². The third kappa shape index (κ3) is 4.22. The van der Waals surface area contributed by atoms with Gasteiger partial charge in [0.2, 0.25) is 0 Å². The van der Waals surface area contributed by atoms with Crippen LogP contribution in [0.15, 0.2) is 60.0 Å². The standard InChI is InChI=1S/C21H18N6O2/c22-21(29)27-16-3-4-19-18(8-16)14(11-25-19)6-17-7-15(12-24-17)20(28)26-10-13-2-1-5-23-9-13/h1-9,11-12,24H,10H2,(H,26,28)(H3,22,27,29). The summed E-state index contributed by atoms with van der Waals surface area (Å²) in [6.45, 7) is 0.407. The van der Waals surface area contributed by atoms with Crippen LogP contribution in [0.2, 0.25) is 0 Å². The summed E-state index contributed by atoms with van der Waals surface area (Å²) in [5.74, 6) is -0.178. The Hall–Kier alpha value is -4.20. The SMILES string of the molecule is NC(=O)Nc1ccc2c(c1)C(=Cc1cc(C(=O)NCc3cccnc3)c[nH]1)C=N2. The minimum atomic E-state index is -0.624. The van der Waals surface area contributed by atoms with E-state index in [1.54, 1.807) is 36.9 Å². The van der Waals surface area contributed by atoms with Crippen molar-refractivity contribution in [3.05, 3.63) is 77.4 Å². The molecule has 8 heteroatoms. The summed E-state index contributed by atoms with van der Waals surface area (Å²) in [6.07, 6.45) is 8.69. The van der Waals surface area contributed by atoms with Crippen LogP contribution in [0.1, 0.15) is 27.2 Å². The fraction of sp³-hybridized carbons (Fsp3) is 0.0476. The number of pyridine rings is 1. The number of rotatable bonds is 5. The molecule has 0 bridgehead atoms. The third-order valence-electron chi connectivity index (χ3n) is 4.37. The van der Waals surface area contributed by atoms with E-state index in [9.17, 15) is 9.59 Å². The first-order valence-corrected chi connectivity index (χ1v) is 8.91. The van der Waals surface area contributed by atoms with Crippen LogP contribution < -0.4 is 16.4 Å². The summed E-state index contributed by atoms with van der Waals surface area (Å²) in [6, 6.07) is 10.2. The number of nitrogens with zero attached hydrogens (tertiary/aromatic N) is 2. The molecule has 0 radical (unpaired) electrons. The Balaban J connectivity index is 1.48. The molecule has 1 aliphatic heterocycles. The number of hydrogen-bond donors (Lipinski definition) is 4. The number of H-pyrrole nitrogens is 1. The minimum absolute atomic E-state index is 0.178. The number of urea groups is 1. The molecule has 0 saturated heterocycles. The first-order chi connectivity index (χ1) is 14.1. The summed E-state index contributed by atoms with van der Waals surface area (Å²) in [7, 11) is 0. The predicted molar refractivity (Wildman–Crippen MR) is 112 cm³/mol. The molecule has 0 saturated carbocycles. The van der Waals surface area contributed by atoms with Gasteiger partial charge < -0.3 is 21.4 Å². The number of nitrogens with two attached hydrogens (primary N) is 1. The van der Waals surface area contributed by atoms with Crippen molar-refractivity contribution in [3.63, 3.8) is 0 Å². The zero-order valence-corrected chi connectivity index (χ0v) is 15.3. The molecule has 5 N–H and O–H groups in total. The van der Waals surface area contributed by atoms with Gasteiger partial charge in [-0.15, -0.1) is 0 Å². The van der Waals surface area contributed by atoms with E-state index in [0.717, 1.165) is 28.1 Å². The van der Waals surface area contributed by atoms with Crippen LogP contribution >= 0.6 is 0 Å². The molecule has 8 nitrogen and oxygen atoms in total. The van der Waals surface area contributed by atoms with Crippen LogP contribution in [0.3, 0.4) is 0 Å². The number of primary amides is 1. The number of allylic oxidation sites excluding steroid dienone is 1. The van der Waals surface area contributed by atoms with E-state index in [4.69, 9.17) is 5.73 Å². The monoisotopic (exact) mass is 386 g/mol. The van der Waals surface area contributed by atoms with Gasteiger partial charge in [-0.2, -0.15) is 0 Å². The molecule has 3 heterocycles. The smallest absolute Gasteiger partial charge is 0.316 e. The Morgan fingerprint density at radius 2 is 2.10 bits per heavy atom. The number of amides is 3. The Bertz CT molecular complexity index is 1130. The van der Waals surface area contributed by atoms with Crippen LogP contribution in [-0.2, 0) is 6.54 Å². The molecule has 1 aromatic carbocycles. The number of aromatic nitrogens is 2. The second kappa shape index (κ2) is 7.81. The van der Waals surface area contributed by atoms with E-state index in [1.165, 1.54) is 0 Å². The number of fused-ring (bicyclic) bond motifs is 1. The summed E-state index contributed by atoms with van der Waals surface area (Å²) >= 11 is 0. The van der Waals surface area contributed by atoms with E-state index < -0.39 is 6.03 Å². The minimum Gasteiger partial charge on any atom is -0.361 e. The van der Waals surface area contributed by atoms with Crippen molar-refractivity contribution >= 4 is 41.2 Å². The number of carbonyl (C=O) groups is 2. The van der Waals surface area contributed by atoms with E-state index in [2.05, 4.69) is 25.6 Å². The molecule has 0 aliphatic carbocycles. The number of carbonyl (C=O) groups excluding carboxylic acids is 2. The molecule has 29 heavy (non-hydrogen) atoms. The highest BCUT2D eigenvalue weighted by atomic mass is 16.2. The molecule has 3 aromatic rings. The average molecular weight is 386 g/mol. The van der Waals surface area contributed by atoms with Crippen molar-refractivity contribution in [3.8, 4) is 0 Å². The second-order valence-corrected chi connectivity index (χ2v) is 6.47. The van der Waals surface area contributed by atoms with Gasteiger partial charge in [-0.3, -0.25) is 14.8 Å². The van der Waals surface area contributed by atoms with Crippen LogP contribution in [0.25, 0.3) is 11.6 Å². The second-order valence-electron chi connectivity index (χ2n) is 6.47. The van der Waals surface area contributed by atoms with Crippen LogP contribution in [0, 0.1) is 0 Å². The van der Waals surface area contributed by atoms with Gasteiger partial charge in [-0.05, 0) is 42.0 Å². The Kier molecular flexibility index (Phi) is 4.90. The molecule has 0 fully saturated rings. The molecule has 4 rings (SSSR count). The van der Waals surface area contributed by atoms with E-state index in [-0.39, 0.29) is 5.91 Å². The van der Waals surface area contributed by atoms with Gasteiger partial charge in [0.15, 0.2) is 0 Å². The summed E-state index contributed by atoms with van der Waals surface area (Å²) in [4.78, 5) is 34.9. The maximum atomic E-state index is 12.4. The zero-order chi connectivity index (χ0) is 20.2. The van der Waals surface area contributed by atoms with Gasteiger partial charge in [0, 0.05) is 53.9 Å². The van der Waals surface area contributed by atoms with Crippen molar-refractivity contribution in [1.29, 1.82) is 0 Å². The largest absolute Gasteiger partial charge is 0.361 e. The van der Waals surface area contributed by atoms with Crippen LogP contribution in [0.4, 0.5) is 16.2 Å². The third-order valence-corrected chi connectivity index (χ3v) is 4.37. The highest BCUT2D eigenvalue weighted by Gasteiger charge is 2.14. The van der Waals surface area contributed by atoms with Gasteiger partial charge >= 0.3 is 6.03 Å². The van der Waals surface area contributed by atoms with Crippen LogP contribution in [0.5, 0.6) is 0 Å². The average Bonchev–Trinajstić information content (AvgIpc) is 3.34. The maximum Gasteiger partial charge on any atom is 0.316 e. The molecule has 0 atom stereocenters. The normalized spacial score (nSPS) is 13.3. The number of hydrogen-bond acceptors (Lipinski definition) is 4. The highest BCUT2D eigenvalue weighted by molar-refractivity contribution is 6.21. The van der Waals surface area contributed by atoms with Crippen molar-refractivity contribution in [2.45, 2.75) is 6.54 Å².